The highest BCUT2D eigenvalue weighted by Crippen LogP contribution is 2.20. The van der Waals surface area contributed by atoms with Crippen LogP contribution in [0.5, 0.6) is 0 Å². The molecule has 0 aliphatic carbocycles. The Balaban J connectivity index is 2.21. The van der Waals surface area contributed by atoms with E-state index >= 15 is 0 Å². The zero-order valence-electron chi connectivity index (χ0n) is 8.77. The van der Waals surface area contributed by atoms with Gasteiger partial charge in [-0.05, 0) is 18.9 Å². The molecule has 1 aromatic rings. The van der Waals surface area contributed by atoms with E-state index in [1.807, 2.05) is 6.07 Å². The largest absolute Gasteiger partial charge is 0.465 e. The van der Waals surface area contributed by atoms with E-state index < -0.39 is 0 Å². The van der Waals surface area contributed by atoms with Crippen molar-refractivity contribution in [1.82, 2.24) is 4.98 Å². The van der Waals surface area contributed by atoms with Gasteiger partial charge in [0, 0.05) is 19.3 Å². The zero-order valence-corrected chi connectivity index (χ0v) is 8.77. The number of methoxy groups -OCH3 is 1. The first-order chi connectivity index (χ1) is 7.31. The van der Waals surface area contributed by atoms with Gasteiger partial charge in [-0.3, -0.25) is 4.98 Å². The summed E-state index contributed by atoms with van der Waals surface area (Å²) in [5.41, 5.74) is 1.53. The van der Waals surface area contributed by atoms with Crippen molar-refractivity contribution in [3.8, 4) is 0 Å². The van der Waals surface area contributed by atoms with Crippen molar-refractivity contribution in [3.05, 3.63) is 24.0 Å². The molecule has 1 aromatic heterocycles. The number of anilines is 1. The van der Waals surface area contributed by atoms with Gasteiger partial charge in [0.1, 0.15) is 0 Å². The first-order valence-electron chi connectivity index (χ1n) is 5.09. The van der Waals surface area contributed by atoms with Crippen molar-refractivity contribution in [2.75, 3.05) is 25.1 Å². The number of rotatable bonds is 2. The lowest BCUT2D eigenvalue weighted by Gasteiger charge is -2.17. The molecule has 1 fully saturated rings. The second-order valence-electron chi connectivity index (χ2n) is 3.62. The van der Waals surface area contributed by atoms with Gasteiger partial charge < -0.3 is 9.64 Å². The first kappa shape index (κ1) is 9.96. The first-order valence-corrected chi connectivity index (χ1v) is 5.09. The summed E-state index contributed by atoms with van der Waals surface area (Å²) in [4.78, 5) is 17.6. The summed E-state index contributed by atoms with van der Waals surface area (Å²) in [6.07, 6.45) is 5.74. The van der Waals surface area contributed by atoms with Crippen molar-refractivity contribution in [3.63, 3.8) is 0 Å². The van der Waals surface area contributed by atoms with Crippen LogP contribution in [-0.2, 0) is 4.74 Å². The van der Waals surface area contributed by atoms with Gasteiger partial charge in [0.25, 0.3) is 0 Å². The van der Waals surface area contributed by atoms with Crippen LogP contribution < -0.4 is 4.90 Å². The second kappa shape index (κ2) is 4.29. The van der Waals surface area contributed by atoms with Crippen molar-refractivity contribution >= 4 is 11.7 Å². The topological polar surface area (TPSA) is 42.4 Å². The monoisotopic (exact) mass is 206 g/mol. The summed E-state index contributed by atoms with van der Waals surface area (Å²) < 4.78 is 4.66. The fourth-order valence-electron chi connectivity index (χ4n) is 1.81. The summed E-state index contributed by atoms with van der Waals surface area (Å²) >= 11 is 0. The molecule has 0 atom stereocenters. The van der Waals surface area contributed by atoms with E-state index in [-0.39, 0.29) is 5.97 Å². The molecule has 1 saturated heterocycles. The van der Waals surface area contributed by atoms with Crippen LogP contribution in [0.25, 0.3) is 0 Å². The van der Waals surface area contributed by atoms with Crippen molar-refractivity contribution in [1.29, 1.82) is 0 Å². The zero-order chi connectivity index (χ0) is 10.7. The van der Waals surface area contributed by atoms with Crippen molar-refractivity contribution in [2.45, 2.75) is 12.8 Å². The predicted octanol–water partition coefficient (Wildman–Crippen LogP) is 1.47. The fourth-order valence-corrected chi connectivity index (χ4v) is 1.81. The maximum Gasteiger partial charge on any atom is 0.339 e. The average Bonchev–Trinajstić information content (AvgIpc) is 2.82. The molecule has 80 valence electrons. The highest BCUT2D eigenvalue weighted by atomic mass is 16.5. The SMILES string of the molecule is COC(=O)c1cncc(N2CCCC2)c1. The molecule has 15 heavy (non-hydrogen) atoms. The third kappa shape index (κ3) is 2.09. The quantitative estimate of drug-likeness (QED) is 0.687. The molecule has 0 amide bonds. The van der Waals surface area contributed by atoms with Gasteiger partial charge in [0.2, 0.25) is 0 Å². The predicted molar refractivity (Wildman–Crippen MR) is 57.0 cm³/mol. The van der Waals surface area contributed by atoms with E-state index in [0.717, 1.165) is 18.8 Å². The molecule has 0 saturated carbocycles. The number of hydrogen-bond donors (Lipinski definition) is 0. The van der Waals surface area contributed by atoms with Crippen LogP contribution in [0.15, 0.2) is 18.5 Å². The number of aromatic nitrogens is 1. The minimum absolute atomic E-state index is 0.330. The Bertz CT molecular complexity index is 359. The minimum Gasteiger partial charge on any atom is -0.465 e. The van der Waals surface area contributed by atoms with E-state index in [9.17, 15) is 4.79 Å². The Morgan fingerprint density at radius 1 is 1.40 bits per heavy atom. The Kier molecular flexibility index (Phi) is 2.85. The van der Waals surface area contributed by atoms with Crippen LogP contribution in [0, 0.1) is 0 Å². The number of hydrogen-bond acceptors (Lipinski definition) is 4. The van der Waals surface area contributed by atoms with Gasteiger partial charge in [-0.2, -0.15) is 0 Å². The molecule has 0 unspecified atom stereocenters. The highest BCUT2D eigenvalue weighted by Gasteiger charge is 2.14. The normalized spacial score (nSPS) is 15.4. The lowest BCUT2D eigenvalue weighted by Crippen LogP contribution is -2.18. The average molecular weight is 206 g/mol. The Hall–Kier alpha value is -1.58. The van der Waals surface area contributed by atoms with Gasteiger partial charge in [-0.25, -0.2) is 4.79 Å². The lowest BCUT2D eigenvalue weighted by molar-refractivity contribution is 0.0600. The fraction of sp³-hybridized carbons (Fsp3) is 0.455. The number of pyridine rings is 1. The van der Waals surface area contributed by atoms with E-state index in [1.54, 1.807) is 6.20 Å². The van der Waals surface area contributed by atoms with E-state index in [4.69, 9.17) is 0 Å². The Morgan fingerprint density at radius 2 is 2.13 bits per heavy atom. The lowest BCUT2D eigenvalue weighted by atomic mass is 10.2. The summed E-state index contributed by atoms with van der Waals surface area (Å²) in [5, 5.41) is 0. The minimum atomic E-state index is -0.330. The molecule has 2 heterocycles. The van der Waals surface area contributed by atoms with Crippen molar-refractivity contribution in [2.24, 2.45) is 0 Å². The standard InChI is InChI=1S/C11H14N2O2/c1-15-11(14)9-6-10(8-12-7-9)13-4-2-3-5-13/h6-8H,2-5H2,1H3. The van der Waals surface area contributed by atoms with Gasteiger partial charge in [-0.15, -0.1) is 0 Å². The number of esters is 1. The summed E-state index contributed by atoms with van der Waals surface area (Å²) in [7, 11) is 1.38. The summed E-state index contributed by atoms with van der Waals surface area (Å²) in [6.45, 7) is 2.10. The molecular formula is C11H14N2O2. The number of nitrogens with zero attached hydrogens (tertiary/aromatic N) is 2. The molecule has 0 spiro atoms. The molecule has 2 rings (SSSR count). The van der Waals surface area contributed by atoms with Gasteiger partial charge >= 0.3 is 5.97 Å². The van der Waals surface area contributed by atoms with E-state index in [2.05, 4.69) is 14.6 Å². The van der Waals surface area contributed by atoms with Crippen LogP contribution in [0.2, 0.25) is 0 Å². The van der Waals surface area contributed by atoms with Gasteiger partial charge in [0.15, 0.2) is 0 Å². The Labute approximate surface area is 88.9 Å². The maximum absolute atomic E-state index is 11.3. The summed E-state index contributed by atoms with van der Waals surface area (Å²) in [5.74, 6) is -0.330. The number of carbonyl (C=O) groups excluding carboxylic acids is 1. The van der Waals surface area contributed by atoms with Crippen LogP contribution >= 0.6 is 0 Å². The molecule has 1 aliphatic rings. The molecule has 0 radical (unpaired) electrons. The third-order valence-electron chi connectivity index (χ3n) is 2.62. The molecule has 4 heteroatoms. The van der Waals surface area contributed by atoms with Crippen LogP contribution in [0.1, 0.15) is 23.2 Å². The third-order valence-corrected chi connectivity index (χ3v) is 2.62. The van der Waals surface area contributed by atoms with Crippen molar-refractivity contribution < 1.29 is 9.53 Å². The molecule has 0 aromatic carbocycles. The van der Waals surface area contributed by atoms with Gasteiger partial charge in [-0.1, -0.05) is 0 Å². The van der Waals surface area contributed by atoms with Gasteiger partial charge in [0.05, 0.1) is 24.6 Å². The van der Waals surface area contributed by atoms with Crippen LogP contribution in [0.4, 0.5) is 5.69 Å². The molecular weight excluding hydrogens is 192 g/mol. The smallest absolute Gasteiger partial charge is 0.339 e. The highest BCUT2D eigenvalue weighted by molar-refractivity contribution is 5.89. The summed E-state index contributed by atoms with van der Waals surface area (Å²) in [6, 6.07) is 1.84. The molecule has 4 nitrogen and oxygen atoms in total. The van der Waals surface area contributed by atoms with Crippen LogP contribution in [0.3, 0.4) is 0 Å². The maximum atomic E-state index is 11.3. The molecule has 1 aliphatic heterocycles. The van der Waals surface area contributed by atoms with Crippen LogP contribution in [-0.4, -0.2) is 31.2 Å². The van der Waals surface area contributed by atoms with E-state index in [0.29, 0.717) is 5.56 Å². The van der Waals surface area contributed by atoms with E-state index in [1.165, 1.54) is 26.1 Å². The molecule has 0 bridgehead atoms. The molecule has 0 N–H and O–H groups in total. The number of ether oxygens (including phenoxy) is 1. The Morgan fingerprint density at radius 3 is 2.80 bits per heavy atom. The second-order valence-corrected chi connectivity index (χ2v) is 3.62. The number of carbonyl (C=O) groups is 1.